The molecule has 0 heterocycles. The first-order chi connectivity index (χ1) is 14.3. The number of nitrogens with one attached hydrogen (secondary N) is 1. The summed E-state index contributed by atoms with van der Waals surface area (Å²) in [6.45, 7) is 6.32. The highest BCUT2D eigenvalue weighted by Gasteiger charge is 2.59. The lowest BCUT2D eigenvalue weighted by Gasteiger charge is -2.65. The van der Waals surface area contributed by atoms with E-state index in [1.165, 1.54) is 44.1 Å². The van der Waals surface area contributed by atoms with Crippen molar-refractivity contribution in [2.75, 3.05) is 0 Å². The van der Waals surface area contributed by atoms with Crippen LogP contribution in [0.4, 0.5) is 0 Å². The van der Waals surface area contributed by atoms with Crippen molar-refractivity contribution in [3.63, 3.8) is 0 Å². The van der Waals surface area contributed by atoms with Crippen LogP contribution in [-0.2, 0) is 13.2 Å². The highest BCUT2D eigenvalue weighted by molar-refractivity contribution is 6.35. The van der Waals surface area contributed by atoms with Gasteiger partial charge in [-0.1, -0.05) is 55.2 Å². The molecule has 0 aliphatic heterocycles. The summed E-state index contributed by atoms with van der Waals surface area (Å²) in [7, 11) is 0. The lowest BCUT2D eigenvalue weighted by atomic mass is 9.43. The SMILES string of the molecule is C[C@]12CC3CC(NCc4cccc(OCc5c(Cl)cccc5Cl)c4)(C1)C[C@@](C)(C3)C2. The molecular weight excluding hydrogens is 413 g/mol. The second kappa shape index (κ2) is 7.43. The first kappa shape index (κ1) is 20.7. The number of ether oxygens (including phenoxy) is 1. The molecule has 4 aliphatic rings. The first-order valence-corrected chi connectivity index (χ1v) is 11.9. The Balaban J connectivity index is 1.26. The second-order valence-corrected chi connectivity index (χ2v) is 11.7. The molecule has 4 saturated carbocycles. The topological polar surface area (TPSA) is 21.3 Å². The molecule has 2 unspecified atom stereocenters. The molecule has 2 aromatic rings. The average molecular weight is 444 g/mol. The molecule has 0 amide bonds. The van der Waals surface area contributed by atoms with Crippen molar-refractivity contribution >= 4 is 23.2 Å². The molecule has 2 nitrogen and oxygen atoms in total. The summed E-state index contributed by atoms with van der Waals surface area (Å²) in [4.78, 5) is 0. The van der Waals surface area contributed by atoms with Gasteiger partial charge in [0.05, 0.1) is 0 Å². The minimum atomic E-state index is 0.310. The Kier molecular flexibility index (Phi) is 5.12. The molecule has 0 radical (unpaired) electrons. The van der Waals surface area contributed by atoms with Gasteiger partial charge in [-0.05, 0) is 85.1 Å². The van der Waals surface area contributed by atoms with Gasteiger partial charge in [-0.15, -0.1) is 0 Å². The summed E-state index contributed by atoms with van der Waals surface area (Å²) in [6.07, 6.45) is 8.27. The zero-order valence-electron chi connectivity index (χ0n) is 17.9. The van der Waals surface area contributed by atoms with Gasteiger partial charge in [-0.2, -0.15) is 0 Å². The van der Waals surface area contributed by atoms with E-state index < -0.39 is 0 Å². The van der Waals surface area contributed by atoms with E-state index in [0.717, 1.165) is 23.8 Å². The standard InChI is InChI=1S/C26H31Cl2NO/c1-24-10-19-11-25(2,15-24)17-26(12-19,16-24)29-13-18-5-3-6-20(9-18)30-14-21-22(27)7-4-8-23(21)28/h3-9,19,29H,10-17H2,1-2H3/t19?,24-,25+,26?. The van der Waals surface area contributed by atoms with Crippen molar-refractivity contribution in [1.29, 1.82) is 0 Å². The fraction of sp³-hybridized carbons (Fsp3) is 0.538. The third kappa shape index (κ3) is 3.99. The van der Waals surface area contributed by atoms with E-state index >= 15 is 0 Å². The highest BCUT2D eigenvalue weighted by Crippen LogP contribution is 2.66. The second-order valence-electron chi connectivity index (χ2n) is 10.9. The maximum Gasteiger partial charge on any atom is 0.120 e. The van der Waals surface area contributed by atoms with Crippen LogP contribution < -0.4 is 10.1 Å². The number of hydrogen-bond acceptors (Lipinski definition) is 2. The summed E-state index contributed by atoms with van der Waals surface area (Å²) in [6, 6.07) is 13.9. The predicted octanol–water partition coefficient (Wildman–Crippen LogP) is 7.41. The van der Waals surface area contributed by atoms with Gasteiger partial charge < -0.3 is 10.1 Å². The molecule has 4 heteroatoms. The molecule has 4 bridgehead atoms. The van der Waals surface area contributed by atoms with E-state index in [2.05, 4.69) is 37.4 Å². The van der Waals surface area contributed by atoms with Crippen molar-refractivity contribution in [3.05, 3.63) is 63.6 Å². The van der Waals surface area contributed by atoms with Crippen molar-refractivity contribution in [2.24, 2.45) is 16.7 Å². The Morgan fingerprint density at radius 2 is 1.60 bits per heavy atom. The summed E-state index contributed by atoms with van der Waals surface area (Å²) >= 11 is 12.5. The molecule has 6 rings (SSSR count). The van der Waals surface area contributed by atoms with E-state index in [1.54, 1.807) is 0 Å². The molecular formula is C26H31Cl2NO. The van der Waals surface area contributed by atoms with Gasteiger partial charge in [0.15, 0.2) is 0 Å². The summed E-state index contributed by atoms with van der Waals surface area (Å²) in [5, 5.41) is 5.30. The van der Waals surface area contributed by atoms with Crippen LogP contribution in [0.25, 0.3) is 0 Å². The molecule has 4 aliphatic carbocycles. The Morgan fingerprint density at radius 1 is 0.933 bits per heavy atom. The molecule has 4 atom stereocenters. The zero-order chi connectivity index (χ0) is 21.0. The van der Waals surface area contributed by atoms with Gasteiger partial charge in [-0.3, -0.25) is 0 Å². The van der Waals surface area contributed by atoms with Crippen molar-refractivity contribution in [1.82, 2.24) is 5.32 Å². The van der Waals surface area contributed by atoms with Gasteiger partial charge in [0, 0.05) is 27.7 Å². The highest BCUT2D eigenvalue weighted by atomic mass is 35.5. The summed E-state index contributed by atoms with van der Waals surface area (Å²) < 4.78 is 6.03. The smallest absolute Gasteiger partial charge is 0.120 e. The monoisotopic (exact) mass is 443 g/mol. The number of hydrogen-bond donors (Lipinski definition) is 1. The van der Waals surface area contributed by atoms with Crippen LogP contribution in [0.3, 0.4) is 0 Å². The van der Waals surface area contributed by atoms with Crippen molar-refractivity contribution < 1.29 is 4.74 Å². The molecule has 1 N–H and O–H groups in total. The molecule has 0 aromatic heterocycles. The van der Waals surface area contributed by atoms with Crippen LogP contribution in [0.5, 0.6) is 5.75 Å². The average Bonchev–Trinajstić information content (AvgIpc) is 2.64. The van der Waals surface area contributed by atoms with E-state index in [-0.39, 0.29) is 0 Å². The van der Waals surface area contributed by atoms with E-state index in [1.807, 2.05) is 24.3 Å². The fourth-order valence-electron chi connectivity index (χ4n) is 7.51. The maximum atomic E-state index is 6.27. The summed E-state index contributed by atoms with van der Waals surface area (Å²) in [5.74, 6) is 1.76. The van der Waals surface area contributed by atoms with E-state index in [9.17, 15) is 0 Å². The van der Waals surface area contributed by atoms with Crippen LogP contribution >= 0.6 is 23.2 Å². The van der Waals surface area contributed by atoms with E-state index in [0.29, 0.717) is 33.0 Å². The van der Waals surface area contributed by atoms with Gasteiger partial charge >= 0.3 is 0 Å². The van der Waals surface area contributed by atoms with Crippen LogP contribution in [-0.4, -0.2) is 5.54 Å². The van der Waals surface area contributed by atoms with Crippen LogP contribution in [0.2, 0.25) is 10.0 Å². The molecule has 0 saturated heterocycles. The van der Waals surface area contributed by atoms with Crippen LogP contribution in [0.1, 0.15) is 63.5 Å². The van der Waals surface area contributed by atoms with Crippen molar-refractivity contribution in [3.8, 4) is 5.75 Å². The summed E-state index contributed by atoms with van der Waals surface area (Å²) in [5.41, 5.74) is 3.47. The third-order valence-electron chi connectivity index (χ3n) is 7.64. The molecule has 2 aromatic carbocycles. The van der Waals surface area contributed by atoms with E-state index in [4.69, 9.17) is 27.9 Å². The Labute approximate surface area is 190 Å². The molecule has 0 spiro atoms. The quantitative estimate of drug-likeness (QED) is 0.501. The third-order valence-corrected chi connectivity index (χ3v) is 8.35. The zero-order valence-corrected chi connectivity index (χ0v) is 19.5. The molecule has 30 heavy (non-hydrogen) atoms. The van der Waals surface area contributed by atoms with Gasteiger partial charge in [0.1, 0.15) is 12.4 Å². The lowest BCUT2D eigenvalue weighted by molar-refractivity contribution is -0.118. The van der Waals surface area contributed by atoms with Crippen molar-refractivity contribution in [2.45, 2.75) is 71.1 Å². The minimum Gasteiger partial charge on any atom is -0.489 e. The van der Waals surface area contributed by atoms with Gasteiger partial charge in [-0.25, -0.2) is 0 Å². The van der Waals surface area contributed by atoms with Crippen LogP contribution in [0, 0.1) is 16.7 Å². The molecule has 160 valence electrons. The molecule has 4 fully saturated rings. The fourth-order valence-corrected chi connectivity index (χ4v) is 8.01. The number of rotatable bonds is 6. The number of halogens is 2. The Bertz CT molecular complexity index is 920. The lowest BCUT2D eigenvalue weighted by Crippen LogP contribution is -2.63. The van der Waals surface area contributed by atoms with Gasteiger partial charge in [0.25, 0.3) is 0 Å². The Hall–Kier alpha value is -1.22. The minimum absolute atomic E-state index is 0.310. The number of benzene rings is 2. The van der Waals surface area contributed by atoms with Gasteiger partial charge in [0.2, 0.25) is 0 Å². The largest absolute Gasteiger partial charge is 0.489 e. The van der Waals surface area contributed by atoms with Crippen LogP contribution in [0.15, 0.2) is 42.5 Å². The maximum absolute atomic E-state index is 6.27. The normalized spacial score (nSPS) is 34.3. The predicted molar refractivity (Wildman–Crippen MR) is 124 cm³/mol. The first-order valence-electron chi connectivity index (χ1n) is 11.2. The Morgan fingerprint density at radius 3 is 2.27 bits per heavy atom.